The van der Waals surface area contributed by atoms with E-state index < -0.39 is 0 Å². The second kappa shape index (κ2) is 6.09. The first-order chi connectivity index (χ1) is 7.56. The molecule has 4 heteroatoms. The normalized spacial score (nSPS) is 13.1. The largest absolute Gasteiger partial charge is 0.309 e. The fraction of sp³-hybridized carbons (Fsp3) is 0.667. The highest BCUT2D eigenvalue weighted by Gasteiger charge is 2.14. The lowest BCUT2D eigenvalue weighted by atomic mass is 10.2. The molecule has 3 nitrogen and oxygen atoms in total. The number of allylic oxidation sites excluding steroid dienone is 1. The van der Waals surface area contributed by atoms with E-state index in [-0.39, 0.29) is 0 Å². The Labute approximate surface area is 102 Å². The molecule has 1 aromatic heterocycles. The van der Waals surface area contributed by atoms with Crippen LogP contribution in [0.5, 0.6) is 0 Å². The summed E-state index contributed by atoms with van der Waals surface area (Å²) in [6.07, 6.45) is 4.16. The van der Waals surface area contributed by atoms with Gasteiger partial charge in [0, 0.05) is 18.2 Å². The van der Waals surface area contributed by atoms with Crippen molar-refractivity contribution in [2.45, 2.75) is 49.9 Å². The van der Waals surface area contributed by atoms with Gasteiger partial charge in [0.15, 0.2) is 5.16 Å². The standard InChI is InChI=1S/C12H21N3S/c1-6-7-8-10(4)16-12-14-13-11(9(2)3)15(12)5/h6,9-10H,1,7-8H2,2-5H3. The van der Waals surface area contributed by atoms with Crippen molar-refractivity contribution in [1.82, 2.24) is 14.8 Å². The third kappa shape index (κ3) is 3.37. The predicted molar refractivity (Wildman–Crippen MR) is 69.8 cm³/mol. The van der Waals surface area contributed by atoms with Gasteiger partial charge >= 0.3 is 0 Å². The van der Waals surface area contributed by atoms with Gasteiger partial charge in [0.2, 0.25) is 0 Å². The van der Waals surface area contributed by atoms with E-state index in [4.69, 9.17) is 0 Å². The van der Waals surface area contributed by atoms with Crippen LogP contribution in [0.25, 0.3) is 0 Å². The minimum absolute atomic E-state index is 0.426. The summed E-state index contributed by atoms with van der Waals surface area (Å²) in [5.41, 5.74) is 0. The van der Waals surface area contributed by atoms with E-state index in [1.807, 2.05) is 13.1 Å². The summed E-state index contributed by atoms with van der Waals surface area (Å²) in [5.74, 6) is 1.48. The highest BCUT2D eigenvalue weighted by molar-refractivity contribution is 7.99. The van der Waals surface area contributed by atoms with Crippen molar-refractivity contribution in [3.63, 3.8) is 0 Å². The zero-order valence-corrected chi connectivity index (χ0v) is 11.4. The molecule has 0 radical (unpaired) electrons. The van der Waals surface area contributed by atoms with Crippen LogP contribution in [0.3, 0.4) is 0 Å². The second-order valence-corrected chi connectivity index (χ2v) is 5.75. The van der Waals surface area contributed by atoms with Crippen molar-refractivity contribution in [1.29, 1.82) is 0 Å². The van der Waals surface area contributed by atoms with Gasteiger partial charge in [-0.25, -0.2) is 0 Å². The number of hydrogen-bond donors (Lipinski definition) is 0. The molecule has 16 heavy (non-hydrogen) atoms. The molecule has 90 valence electrons. The Kier molecular flexibility index (Phi) is 5.06. The molecule has 0 N–H and O–H groups in total. The highest BCUT2D eigenvalue weighted by atomic mass is 32.2. The molecule has 0 bridgehead atoms. The van der Waals surface area contributed by atoms with Crippen LogP contribution in [0.1, 0.15) is 45.4 Å². The lowest BCUT2D eigenvalue weighted by Crippen LogP contribution is -2.03. The van der Waals surface area contributed by atoms with Gasteiger partial charge in [0.25, 0.3) is 0 Å². The molecule has 0 saturated carbocycles. The van der Waals surface area contributed by atoms with Crippen LogP contribution in [-0.4, -0.2) is 20.0 Å². The predicted octanol–water partition coefficient (Wildman–Crippen LogP) is 3.39. The third-order valence-electron chi connectivity index (χ3n) is 2.47. The maximum atomic E-state index is 4.24. The molecule has 0 aliphatic heterocycles. The van der Waals surface area contributed by atoms with Crippen LogP contribution in [0.15, 0.2) is 17.8 Å². The first kappa shape index (κ1) is 13.3. The molecule has 0 aliphatic rings. The van der Waals surface area contributed by atoms with Crippen molar-refractivity contribution >= 4 is 11.8 Å². The Morgan fingerprint density at radius 2 is 2.06 bits per heavy atom. The summed E-state index contributed by atoms with van der Waals surface area (Å²) in [5, 5.41) is 10.0. The first-order valence-electron chi connectivity index (χ1n) is 5.73. The number of rotatable bonds is 6. The molecule has 1 aromatic rings. The van der Waals surface area contributed by atoms with Crippen LogP contribution >= 0.6 is 11.8 Å². The van der Waals surface area contributed by atoms with Gasteiger partial charge in [0.05, 0.1) is 0 Å². The number of thioether (sulfide) groups is 1. The van der Waals surface area contributed by atoms with Crippen LogP contribution in [0.2, 0.25) is 0 Å². The van der Waals surface area contributed by atoms with E-state index in [9.17, 15) is 0 Å². The van der Waals surface area contributed by atoms with Crippen molar-refractivity contribution in [2.24, 2.45) is 7.05 Å². The molecule has 0 fully saturated rings. The Bertz CT molecular complexity index is 344. The Balaban J connectivity index is 2.63. The summed E-state index contributed by atoms with van der Waals surface area (Å²) in [6, 6.07) is 0. The van der Waals surface area contributed by atoms with Crippen LogP contribution in [-0.2, 0) is 7.05 Å². The Morgan fingerprint density at radius 3 is 2.56 bits per heavy atom. The van der Waals surface area contributed by atoms with Crippen LogP contribution in [0, 0.1) is 0 Å². The van der Waals surface area contributed by atoms with E-state index in [1.165, 1.54) is 0 Å². The van der Waals surface area contributed by atoms with E-state index in [2.05, 4.69) is 42.1 Å². The van der Waals surface area contributed by atoms with Gasteiger partial charge in [-0.05, 0) is 12.8 Å². The molecule has 1 heterocycles. The molecular weight excluding hydrogens is 218 g/mol. The summed E-state index contributed by atoms with van der Waals surface area (Å²) in [6.45, 7) is 10.2. The van der Waals surface area contributed by atoms with E-state index in [0.717, 1.165) is 23.8 Å². The lowest BCUT2D eigenvalue weighted by Gasteiger charge is -2.10. The van der Waals surface area contributed by atoms with Crippen LogP contribution in [0.4, 0.5) is 0 Å². The average molecular weight is 239 g/mol. The maximum absolute atomic E-state index is 4.24. The van der Waals surface area contributed by atoms with Gasteiger partial charge in [-0.15, -0.1) is 16.8 Å². The van der Waals surface area contributed by atoms with Crippen LogP contribution < -0.4 is 0 Å². The second-order valence-electron chi connectivity index (χ2n) is 4.35. The lowest BCUT2D eigenvalue weighted by molar-refractivity contribution is 0.678. The maximum Gasteiger partial charge on any atom is 0.191 e. The summed E-state index contributed by atoms with van der Waals surface area (Å²) >= 11 is 1.79. The molecule has 1 unspecified atom stereocenters. The first-order valence-corrected chi connectivity index (χ1v) is 6.61. The zero-order chi connectivity index (χ0) is 12.1. The SMILES string of the molecule is C=CCCC(C)Sc1nnc(C(C)C)n1C. The van der Waals surface area contributed by atoms with E-state index in [1.54, 1.807) is 11.8 Å². The average Bonchev–Trinajstić information content (AvgIpc) is 2.57. The summed E-state index contributed by atoms with van der Waals surface area (Å²) in [7, 11) is 2.04. The fourth-order valence-corrected chi connectivity index (χ4v) is 2.48. The molecule has 0 aromatic carbocycles. The monoisotopic (exact) mass is 239 g/mol. The fourth-order valence-electron chi connectivity index (χ4n) is 1.52. The highest BCUT2D eigenvalue weighted by Crippen LogP contribution is 2.25. The molecular formula is C12H21N3S. The molecule has 1 atom stereocenters. The summed E-state index contributed by atoms with van der Waals surface area (Å²) < 4.78 is 2.10. The van der Waals surface area contributed by atoms with E-state index in [0.29, 0.717) is 11.2 Å². The van der Waals surface area contributed by atoms with Crippen molar-refractivity contribution < 1.29 is 0 Å². The molecule has 0 amide bonds. The number of aromatic nitrogens is 3. The van der Waals surface area contributed by atoms with Gasteiger partial charge in [-0.3, -0.25) is 0 Å². The minimum atomic E-state index is 0.426. The van der Waals surface area contributed by atoms with Gasteiger partial charge in [-0.1, -0.05) is 38.6 Å². The topological polar surface area (TPSA) is 30.7 Å². The Hall–Kier alpha value is -0.770. The summed E-state index contributed by atoms with van der Waals surface area (Å²) in [4.78, 5) is 0. The number of hydrogen-bond acceptors (Lipinski definition) is 3. The minimum Gasteiger partial charge on any atom is -0.309 e. The van der Waals surface area contributed by atoms with Gasteiger partial charge in [-0.2, -0.15) is 0 Å². The Morgan fingerprint density at radius 1 is 1.38 bits per heavy atom. The molecule has 0 aliphatic carbocycles. The molecule has 0 spiro atoms. The van der Waals surface area contributed by atoms with Crippen molar-refractivity contribution in [3.8, 4) is 0 Å². The molecule has 1 rings (SSSR count). The van der Waals surface area contributed by atoms with Crippen molar-refractivity contribution in [2.75, 3.05) is 0 Å². The number of nitrogens with zero attached hydrogens (tertiary/aromatic N) is 3. The van der Waals surface area contributed by atoms with Gasteiger partial charge < -0.3 is 4.57 Å². The third-order valence-corrected chi connectivity index (χ3v) is 3.67. The van der Waals surface area contributed by atoms with E-state index >= 15 is 0 Å². The quantitative estimate of drug-likeness (QED) is 0.563. The van der Waals surface area contributed by atoms with Crippen molar-refractivity contribution in [3.05, 3.63) is 18.5 Å². The molecule has 0 saturated heterocycles. The van der Waals surface area contributed by atoms with Gasteiger partial charge in [0.1, 0.15) is 5.82 Å². The zero-order valence-electron chi connectivity index (χ0n) is 10.6. The smallest absolute Gasteiger partial charge is 0.191 e.